The van der Waals surface area contributed by atoms with Gasteiger partial charge in [0.25, 0.3) is 0 Å². The number of rotatable bonds is 9. The van der Waals surface area contributed by atoms with Gasteiger partial charge in [0.15, 0.2) is 0 Å². The molecule has 0 spiro atoms. The summed E-state index contributed by atoms with van der Waals surface area (Å²) in [5.74, 6) is 0.816. The molecule has 0 radical (unpaired) electrons. The summed E-state index contributed by atoms with van der Waals surface area (Å²) in [4.78, 5) is 17.5. The molecule has 2 aromatic carbocycles. The van der Waals surface area contributed by atoms with Crippen molar-refractivity contribution in [3.8, 4) is 34.8 Å². The van der Waals surface area contributed by atoms with Gasteiger partial charge in [-0.05, 0) is 24.0 Å². The van der Waals surface area contributed by atoms with E-state index in [1.54, 1.807) is 18.2 Å². The van der Waals surface area contributed by atoms with E-state index in [-0.39, 0.29) is 22.9 Å². The summed E-state index contributed by atoms with van der Waals surface area (Å²) in [6.45, 7) is 3.92. The maximum absolute atomic E-state index is 13.2. The van der Waals surface area contributed by atoms with Crippen LogP contribution in [0, 0.1) is 22.7 Å². The number of carbonyl (C=O) groups excluding carboxylic acids is 1. The van der Waals surface area contributed by atoms with Crippen LogP contribution < -0.4 is 20.5 Å². The molecule has 9 heteroatoms. The van der Waals surface area contributed by atoms with Crippen LogP contribution in [-0.4, -0.2) is 30.4 Å². The Labute approximate surface area is 215 Å². The third-order valence-electron chi connectivity index (χ3n) is 5.60. The van der Waals surface area contributed by atoms with E-state index in [9.17, 15) is 15.3 Å². The summed E-state index contributed by atoms with van der Waals surface area (Å²) >= 11 is 1.14. The summed E-state index contributed by atoms with van der Waals surface area (Å²) in [5, 5.41) is 22.4. The van der Waals surface area contributed by atoms with Gasteiger partial charge in [-0.3, -0.25) is 4.79 Å². The monoisotopic (exact) mass is 501 g/mol. The fourth-order valence-electron chi connectivity index (χ4n) is 3.64. The number of hydrogen-bond donors (Lipinski definition) is 2. The molecule has 0 fully saturated rings. The van der Waals surface area contributed by atoms with Crippen molar-refractivity contribution >= 4 is 29.2 Å². The number of nitrogen functional groups attached to an aromatic ring is 1. The first kappa shape index (κ1) is 26.4. The van der Waals surface area contributed by atoms with Crippen LogP contribution in [0.5, 0.6) is 11.5 Å². The van der Waals surface area contributed by atoms with Crippen molar-refractivity contribution in [2.45, 2.75) is 37.0 Å². The highest BCUT2D eigenvalue weighted by Crippen LogP contribution is 2.38. The van der Waals surface area contributed by atoms with Gasteiger partial charge in [0.1, 0.15) is 40.0 Å². The number of nitrogens with zero attached hydrogens (tertiary/aromatic N) is 3. The Morgan fingerprint density at radius 2 is 1.67 bits per heavy atom. The van der Waals surface area contributed by atoms with E-state index >= 15 is 0 Å². The molecule has 184 valence electrons. The van der Waals surface area contributed by atoms with Crippen LogP contribution >= 0.6 is 11.8 Å². The molecular weight excluding hydrogens is 474 g/mol. The van der Waals surface area contributed by atoms with Crippen LogP contribution in [0.1, 0.15) is 37.0 Å². The lowest BCUT2D eigenvalue weighted by Gasteiger charge is -2.18. The predicted molar refractivity (Wildman–Crippen MR) is 141 cm³/mol. The molecule has 0 aliphatic heterocycles. The molecular formula is C27H27N5O3S. The Balaban J connectivity index is 1.99. The summed E-state index contributed by atoms with van der Waals surface area (Å²) in [6.07, 6.45) is 1.33. The highest BCUT2D eigenvalue weighted by Gasteiger charge is 2.25. The largest absolute Gasteiger partial charge is 0.497 e. The highest BCUT2D eigenvalue weighted by atomic mass is 32.2. The van der Waals surface area contributed by atoms with E-state index in [2.05, 4.69) is 22.4 Å². The summed E-state index contributed by atoms with van der Waals surface area (Å²) in [5.41, 5.74) is 9.25. The summed E-state index contributed by atoms with van der Waals surface area (Å²) in [6, 6.07) is 17.0. The standard InChI is InChI=1S/C27H27N5O3S/c1-5-16-7-9-17(10-8-16)24-21(14-28)25(30)32-27(22(24)15-29)36-23(6-2)26(33)31-18-11-19(34-3)13-20(12-18)35-4/h7-13,23H,5-6H2,1-4H3,(H2,30,32)(H,31,33). The van der Waals surface area contributed by atoms with Crippen molar-refractivity contribution in [1.29, 1.82) is 10.5 Å². The van der Waals surface area contributed by atoms with E-state index < -0.39 is 5.25 Å². The Morgan fingerprint density at radius 1 is 1.06 bits per heavy atom. The third-order valence-corrected chi connectivity index (χ3v) is 6.95. The number of pyridine rings is 1. The molecule has 1 atom stereocenters. The fourth-order valence-corrected chi connectivity index (χ4v) is 4.66. The molecule has 0 saturated heterocycles. The number of benzene rings is 2. The second-order valence-electron chi connectivity index (χ2n) is 7.81. The van der Waals surface area contributed by atoms with Crippen molar-refractivity contribution in [3.63, 3.8) is 0 Å². The average molecular weight is 502 g/mol. The van der Waals surface area contributed by atoms with Gasteiger partial charge in [0.2, 0.25) is 5.91 Å². The number of nitrogens with one attached hydrogen (secondary N) is 1. The van der Waals surface area contributed by atoms with Crippen LogP contribution in [0.25, 0.3) is 11.1 Å². The van der Waals surface area contributed by atoms with Gasteiger partial charge < -0.3 is 20.5 Å². The first-order chi connectivity index (χ1) is 17.4. The number of aryl methyl sites for hydroxylation is 1. The topological polar surface area (TPSA) is 134 Å². The van der Waals surface area contributed by atoms with E-state index in [1.165, 1.54) is 14.2 Å². The zero-order chi connectivity index (χ0) is 26.2. The second kappa shape index (κ2) is 12.0. The number of carbonyl (C=O) groups is 1. The zero-order valence-electron chi connectivity index (χ0n) is 20.6. The molecule has 36 heavy (non-hydrogen) atoms. The zero-order valence-corrected chi connectivity index (χ0v) is 21.4. The molecule has 1 amide bonds. The SMILES string of the molecule is CCc1ccc(-c2c(C#N)c(N)nc(SC(CC)C(=O)Nc3cc(OC)cc(OC)c3)c2C#N)cc1. The molecule has 0 saturated carbocycles. The number of hydrogen-bond acceptors (Lipinski definition) is 8. The molecule has 8 nitrogen and oxygen atoms in total. The fraction of sp³-hybridized carbons (Fsp3) is 0.259. The minimum absolute atomic E-state index is 0.0151. The summed E-state index contributed by atoms with van der Waals surface area (Å²) < 4.78 is 10.5. The Kier molecular flexibility index (Phi) is 8.77. The smallest absolute Gasteiger partial charge is 0.237 e. The van der Waals surface area contributed by atoms with Crippen molar-refractivity contribution < 1.29 is 14.3 Å². The van der Waals surface area contributed by atoms with Crippen LogP contribution in [0.4, 0.5) is 11.5 Å². The first-order valence-electron chi connectivity index (χ1n) is 11.3. The number of amides is 1. The van der Waals surface area contributed by atoms with Gasteiger partial charge in [-0.2, -0.15) is 10.5 Å². The predicted octanol–water partition coefficient (Wildman–Crippen LogP) is 5.16. The maximum atomic E-state index is 13.2. The van der Waals surface area contributed by atoms with Crippen LogP contribution in [-0.2, 0) is 11.2 Å². The van der Waals surface area contributed by atoms with E-state index in [4.69, 9.17) is 15.2 Å². The highest BCUT2D eigenvalue weighted by molar-refractivity contribution is 8.00. The van der Waals surface area contributed by atoms with Gasteiger partial charge in [0, 0.05) is 29.4 Å². The number of nitriles is 2. The van der Waals surface area contributed by atoms with Crippen molar-refractivity contribution in [2.75, 3.05) is 25.3 Å². The molecule has 1 unspecified atom stereocenters. The lowest BCUT2D eigenvalue weighted by molar-refractivity contribution is -0.115. The van der Waals surface area contributed by atoms with Crippen molar-refractivity contribution in [1.82, 2.24) is 4.98 Å². The molecule has 1 heterocycles. The maximum Gasteiger partial charge on any atom is 0.237 e. The Morgan fingerprint density at radius 3 is 2.17 bits per heavy atom. The molecule has 3 N–H and O–H groups in total. The number of aromatic nitrogens is 1. The van der Waals surface area contributed by atoms with Gasteiger partial charge in [-0.1, -0.05) is 49.9 Å². The lowest BCUT2D eigenvalue weighted by Crippen LogP contribution is -2.25. The number of ether oxygens (including phenoxy) is 2. The van der Waals surface area contributed by atoms with Crippen molar-refractivity contribution in [3.05, 3.63) is 59.2 Å². The minimum atomic E-state index is -0.579. The Bertz CT molecular complexity index is 1320. The van der Waals surface area contributed by atoms with Gasteiger partial charge in [-0.25, -0.2) is 4.98 Å². The van der Waals surface area contributed by atoms with Crippen LogP contribution in [0.3, 0.4) is 0 Å². The normalized spacial score (nSPS) is 11.2. The van der Waals surface area contributed by atoms with E-state index in [0.29, 0.717) is 39.8 Å². The number of methoxy groups -OCH3 is 2. The first-order valence-corrected chi connectivity index (χ1v) is 12.2. The molecule has 1 aromatic heterocycles. The number of thioether (sulfide) groups is 1. The van der Waals surface area contributed by atoms with E-state index in [0.717, 1.165) is 23.7 Å². The third kappa shape index (κ3) is 5.70. The molecule has 3 aromatic rings. The number of anilines is 2. The Hall–Kier alpha value is -4.21. The van der Waals surface area contributed by atoms with Crippen molar-refractivity contribution in [2.24, 2.45) is 0 Å². The second-order valence-corrected chi connectivity index (χ2v) is 9.00. The van der Waals surface area contributed by atoms with Crippen LogP contribution in [0.2, 0.25) is 0 Å². The lowest BCUT2D eigenvalue weighted by atomic mass is 9.96. The minimum Gasteiger partial charge on any atom is -0.497 e. The molecule has 0 aliphatic carbocycles. The molecule has 3 rings (SSSR count). The quantitative estimate of drug-likeness (QED) is 0.384. The van der Waals surface area contributed by atoms with Gasteiger partial charge in [0.05, 0.1) is 25.0 Å². The molecule has 0 bridgehead atoms. The van der Waals surface area contributed by atoms with E-state index in [1.807, 2.05) is 38.1 Å². The average Bonchev–Trinajstić information content (AvgIpc) is 2.90. The number of nitrogens with two attached hydrogens (primary N) is 1. The van der Waals surface area contributed by atoms with Crippen LogP contribution in [0.15, 0.2) is 47.5 Å². The summed E-state index contributed by atoms with van der Waals surface area (Å²) in [7, 11) is 3.06. The molecule has 0 aliphatic rings. The van der Waals surface area contributed by atoms with Gasteiger partial charge >= 0.3 is 0 Å². The van der Waals surface area contributed by atoms with Gasteiger partial charge in [-0.15, -0.1) is 0 Å².